The summed E-state index contributed by atoms with van der Waals surface area (Å²) < 4.78 is 0.745. The summed E-state index contributed by atoms with van der Waals surface area (Å²) >= 11 is 3.41. The Hall–Kier alpha value is -1.17. The van der Waals surface area contributed by atoms with Gasteiger partial charge in [-0.2, -0.15) is 0 Å². The third kappa shape index (κ3) is 3.23. The van der Waals surface area contributed by atoms with Gasteiger partial charge >= 0.3 is 0 Å². The number of rotatable bonds is 3. The summed E-state index contributed by atoms with van der Waals surface area (Å²) in [6.07, 6.45) is 2.89. The molecule has 2 heterocycles. The van der Waals surface area contributed by atoms with E-state index >= 15 is 0 Å². The van der Waals surface area contributed by atoms with Crippen molar-refractivity contribution in [2.45, 2.75) is 45.1 Å². The lowest BCUT2D eigenvalue weighted by atomic mass is 10.0. The highest BCUT2D eigenvalue weighted by molar-refractivity contribution is 9.10. The molecule has 1 aliphatic heterocycles. The van der Waals surface area contributed by atoms with E-state index in [-0.39, 0.29) is 17.9 Å². The highest BCUT2D eigenvalue weighted by Gasteiger charge is 2.28. The van der Waals surface area contributed by atoms with E-state index in [1.165, 1.54) is 0 Å². The lowest BCUT2D eigenvalue weighted by molar-refractivity contribution is -0.119. The first-order valence-corrected chi connectivity index (χ1v) is 7.38. The van der Waals surface area contributed by atoms with Crippen LogP contribution in [0, 0.1) is 0 Å². The molecule has 2 N–H and O–H groups in total. The third-order valence-electron chi connectivity index (χ3n) is 3.34. The molecule has 1 aromatic heterocycles. The highest BCUT2D eigenvalue weighted by atomic mass is 79.9. The Morgan fingerprint density at radius 2 is 2.21 bits per heavy atom. The van der Waals surface area contributed by atoms with Gasteiger partial charge in [0, 0.05) is 18.5 Å². The second-order valence-electron chi connectivity index (χ2n) is 5.17. The van der Waals surface area contributed by atoms with Crippen LogP contribution in [0.25, 0.3) is 0 Å². The van der Waals surface area contributed by atoms with E-state index < -0.39 is 0 Å². The molecule has 1 aromatic rings. The number of carbonyl (C=O) groups is 1. The van der Waals surface area contributed by atoms with Crippen LogP contribution >= 0.6 is 15.9 Å². The summed E-state index contributed by atoms with van der Waals surface area (Å²) in [7, 11) is 0. The quantitative estimate of drug-likeness (QED) is 0.864. The predicted molar refractivity (Wildman–Crippen MR) is 78.0 cm³/mol. The summed E-state index contributed by atoms with van der Waals surface area (Å²) in [5.74, 6) is 1.53. The predicted octanol–water partition coefficient (Wildman–Crippen LogP) is 2.21. The van der Waals surface area contributed by atoms with Gasteiger partial charge in [0.25, 0.3) is 0 Å². The smallest absolute Gasteiger partial charge is 0.240 e. The van der Waals surface area contributed by atoms with Crippen LogP contribution in [0.4, 0.5) is 5.82 Å². The minimum Gasteiger partial charge on any atom is -0.368 e. The third-order valence-corrected chi connectivity index (χ3v) is 3.75. The molecule has 0 saturated carbocycles. The van der Waals surface area contributed by atoms with E-state index in [2.05, 4.69) is 25.9 Å². The van der Waals surface area contributed by atoms with E-state index in [4.69, 9.17) is 5.73 Å². The van der Waals surface area contributed by atoms with Gasteiger partial charge in [0.05, 0.1) is 0 Å². The van der Waals surface area contributed by atoms with Gasteiger partial charge in [-0.25, -0.2) is 9.97 Å². The molecule has 1 aliphatic rings. The molecule has 0 spiro atoms. The summed E-state index contributed by atoms with van der Waals surface area (Å²) in [5, 5.41) is 0. The van der Waals surface area contributed by atoms with Crippen molar-refractivity contribution in [2.75, 3.05) is 11.4 Å². The van der Waals surface area contributed by atoms with Gasteiger partial charge in [-0.1, -0.05) is 13.8 Å². The highest BCUT2D eigenvalue weighted by Crippen LogP contribution is 2.26. The molecule has 6 heteroatoms. The molecule has 0 bridgehead atoms. The van der Waals surface area contributed by atoms with Gasteiger partial charge < -0.3 is 10.6 Å². The first kappa shape index (κ1) is 14.2. The maximum Gasteiger partial charge on any atom is 0.240 e. The summed E-state index contributed by atoms with van der Waals surface area (Å²) in [5.41, 5.74) is 5.50. The monoisotopic (exact) mass is 326 g/mol. The van der Waals surface area contributed by atoms with Gasteiger partial charge in [-0.3, -0.25) is 4.79 Å². The average molecular weight is 327 g/mol. The van der Waals surface area contributed by atoms with Crippen molar-refractivity contribution in [3.05, 3.63) is 16.5 Å². The van der Waals surface area contributed by atoms with Gasteiger partial charge in [-0.15, -0.1) is 0 Å². The lowest BCUT2D eigenvalue weighted by Gasteiger charge is -2.34. The number of primary amides is 1. The molecule has 0 aromatic carbocycles. The molecule has 0 radical (unpaired) electrons. The fourth-order valence-electron chi connectivity index (χ4n) is 2.33. The number of nitrogens with two attached hydrogens (primary N) is 1. The number of carbonyl (C=O) groups excluding carboxylic acids is 1. The standard InChI is InChI=1S/C13H19BrN4O/c1-8(2)13-16-10(14)7-11(17-13)18-6-4-3-5-9(18)12(15)19/h7-9H,3-6H2,1-2H3,(H2,15,19). The minimum atomic E-state index is -0.277. The van der Waals surface area contributed by atoms with Crippen LogP contribution in [0.1, 0.15) is 44.9 Å². The topological polar surface area (TPSA) is 72.1 Å². The Labute approximate surface area is 121 Å². The zero-order valence-electron chi connectivity index (χ0n) is 11.3. The summed E-state index contributed by atoms with van der Waals surface area (Å²) in [4.78, 5) is 22.5. The van der Waals surface area contributed by atoms with Crippen molar-refractivity contribution >= 4 is 27.7 Å². The SMILES string of the molecule is CC(C)c1nc(Br)cc(N2CCCCC2C(N)=O)n1. The molecule has 1 atom stereocenters. The molecule has 2 rings (SSSR count). The van der Waals surface area contributed by atoms with Crippen LogP contribution in [-0.2, 0) is 4.79 Å². The lowest BCUT2D eigenvalue weighted by Crippen LogP contribution is -2.48. The van der Waals surface area contributed by atoms with E-state index in [1.807, 2.05) is 24.8 Å². The second kappa shape index (κ2) is 5.86. The number of nitrogens with zero attached hydrogens (tertiary/aromatic N) is 3. The van der Waals surface area contributed by atoms with Crippen LogP contribution in [0.5, 0.6) is 0 Å². The number of amides is 1. The number of halogens is 1. The molecule has 19 heavy (non-hydrogen) atoms. The first-order valence-electron chi connectivity index (χ1n) is 6.59. The number of anilines is 1. The van der Waals surface area contributed by atoms with Gasteiger partial charge in [0.2, 0.25) is 5.91 Å². The molecule has 1 amide bonds. The maximum atomic E-state index is 11.6. The molecule has 1 saturated heterocycles. The van der Waals surface area contributed by atoms with Crippen LogP contribution in [-0.4, -0.2) is 28.5 Å². The number of hydrogen-bond donors (Lipinski definition) is 1. The summed E-state index contributed by atoms with van der Waals surface area (Å²) in [6.45, 7) is 4.91. The fraction of sp³-hybridized carbons (Fsp3) is 0.615. The van der Waals surface area contributed by atoms with Crippen molar-refractivity contribution in [2.24, 2.45) is 5.73 Å². The molecule has 104 valence electrons. The van der Waals surface area contributed by atoms with Crippen molar-refractivity contribution in [1.82, 2.24) is 9.97 Å². The zero-order chi connectivity index (χ0) is 14.0. The largest absolute Gasteiger partial charge is 0.368 e. The first-order chi connectivity index (χ1) is 8.99. The van der Waals surface area contributed by atoms with Gasteiger partial charge in [0.1, 0.15) is 22.3 Å². The van der Waals surface area contributed by atoms with Crippen LogP contribution < -0.4 is 10.6 Å². The van der Waals surface area contributed by atoms with Crippen LogP contribution in [0.15, 0.2) is 10.7 Å². The molecule has 1 fully saturated rings. The fourth-order valence-corrected chi connectivity index (χ4v) is 2.72. The normalized spacial score (nSPS) is 19.8. The summed E-state index contributed by atoms with van der Waals surface area (Å²) in [6, 6.07) is 1.60. The Balaban J connectivity index is 2.35. The maximum absolute atomic E-state index is 11.6. The Morgan fingerprint density at radius 3 is 2.84 bits per heavy atom. The van der Waals surface area contributed by atoms with E-state index in [9.17, 15) is 4.79 Å². The van der Waals surface area contributed by atoms with Gasteiger partial charge in [0.15, 0.2) is 0 Å². The Kier molecular flexibility index (Phi) is 4.39. The van der Waals surface area contributed by atoms with Crippen LogP contribution in [0.3, 0.4) is 0 Å². The van der Waals surface area contributed by atoms with E-state index in [0.29, 0.717) is 0 Å². The molecule has 5 nitrogen and oxygen atoms in total. The van der Waals surface area contributed by atoms with Crippen molar-refractivity contribution < 1.29 is 4.79 Å². The Bertz CT molecular complexity index is 478. The Morgan fingerprint density at radius 1 is 1.47 bits per heavy atom. The molecular weight excluding hydrogens is 308 g/mol. The van der Waals surface area contributed by atoms with E-state index in [0.717, 1.165) is 42.1 Å². The van der Waals surface area contributed by atoms with Crippen LogP contribution in [0.2, 0.25) is 0 Å². The van der Waals surface area contributed by atoms with Crippen molar-refractivity contribution in [3.8, 4) is 0 Å². The second-order valence-corrected chi connectivity index (χ2v) is 5.98. The molecule has 1 unspecified atom stereocenters. The van der Waals surface area contributed by atoms with Gasteiger partial charge in [-0.05, 0) is 35.2 Å². The van der Waals surface area contributed by atoms with E-state index in [1.54, 1.807) is 0 Å². The molecule has 0 aliphatic carbocycles. The van der Waals surface area contributed by atoms with Crippen molar-refractivity contribution in [3.63, 3.8) is 0 Å². The van der Waals surface area contributed by atoms with Crippen molar-refractivity contribution in [1.29, 1.82) is 0 Å². The number of hydrogen-bond acceptors (Lipinski definition) is 4. The minimum absolute atomic E-state index is 0.244. The number of piperidine rings is 1. The number of aromatic nitrogens is 2. The average Bonchev–Trinajstić information content (AvgIpc) is 2.37. The zero-order valence-corrected chi connectivity index (χ0v) is 12.9. The molecular formula is C13H19BrN4O.